The lowest BCUT2D eigenvalue weighted by atomic mass is 9.88. The number of ether oxygens (including phenoxy) is 2. The normalized spacial score (nSPS) is 30.6. The van der Waals surface area contributed by atoms with E-state index in [0.29, 0.717) is 17.9 Å². The number of aliphatic hydroxyl groups is 4. The van der Waals surface area contributed by atoms with Crippen LogP contribution in [0, 0.1) is 6.92 Å². The molecule has 31 heavy (non-hydrogen) atoms. The summed E-state index contributed by atoms with van der Waals surface area (Å²) in [7, 11) is 0. The van der Waals surface area contributed by atoms with Gasteiger partial charge >= 0.3 is 0 Å². The predicted molar refractivity (Wildman–Crippen MR) is 117 cm³/mol. The summed E-state index contributed by atoms with van der Waals surface area (Å²) in [6.07, 6.45) is -3.99. The monoisotopic (exact) mass is 442 g/mol. The van der Waals surface area contributed by atoms with E-state index in [2.05, 4.69) is 43.3 Å². The second-order valence-corrected chi connectivity index (χ2v) is 9.42. The largest absolute Gasteiger partial charge is 0.394 e. The van der Waals surface area contributed by atoms with Gasteiger partial charge in [-0.05, 0) is 41.8 Å². The zero-order chi connectivity index (χ0) is 21.8. The average molecular weight is 443 g/mol. The second-order valence-electron chi connectivity index (χ2n) is 8.40. The zero-order valence-corrected chi connectivity index (χ0v) is 18.0. The molecule has 0 saturated carbocycles. The fourth-order valence-electron chi connectivity index (χ4n) is 4.64. The van der Waals surface area contributed by atoms with Gasteiger partial charge < -0.3 is 29.9 Å². The summed E-state index contributed by atoms with van der Waals surface area (Å²) < 4.78 is 13.0. The van der Waals surface area contributed by atoms with Gasteiger partial charge in [0.15, 0.2) is 0 Å². The smallest absolute Gasteiger partial charge is 0.234 e. The maximum absolute atomic E-state index is 10.9. The molecule has 1 spiro atoms. The van der Waals surface area contributed by atoms with Gasteiger partial charge in [0, 0.05) is 4.70 Å². The van der Waals surface area contributed by atoms with Crippen molar-refractivity contribution in [3.8, 4) is 0 Å². The van der Waals surface area contributed by atoms with E-state index in [1.165, 1.54) is 28.0 Å². The maximum atomic E-state index is 10.9. The van der Waals surface area contributed by atoms with E-state index in [9.17, 15) is 20.4 Å². The molecule has 0 unspecified atom stereocenters. The van der Waals surface area contributed by atoms with Crippen molar-refractivity contribution in [1.82, 2.24) is 0 Å². The van der Waals surface area contributed by atoms with Crippen LogP contribution in [-0.4, -0.2) is 58.1 Å². The molecule has 1 fully saturated rings. The molecule has 1 aromatic heterocycles. The molecule has 2 aromatic carbocycles. The third kappa shape index (κ3) is 3.32. The highest BCUT2D eigenvalue weighted by Gasteiger charge is 2.58. The predicted octanol–water partition coefficient (Wildman–Crippen LogP) is 2.00. The van der Waals surface area contributed by atoms with E-state index in [4.69, 9.17) is 9.47 Å². The van der Waals surface area contributed by atoms with Gasteiger partial charge in [0.1, 0.15) is 24.4 Å². The van der Waals surface area contributed by atoms with Crippen molar-refractivity contribution in [3.63, 3.8) is 0 Å². The SMILES string of the molecule is Cc1ccc(Cc2cccc3c4c(sc23)[C@@]2(OCC4)O[C@H](CO)[C@@H](O)[C@H](O)[C@H]2O)cc1. The minimum absolute atomic E-state index is 0.305. The molecular formula is C24H26O6S. The fourth-order valence-corrected chi connectivity index (χ4v) is 6.12. The summed E-state index contributed by atoms with van der Waals surface area (Å²) >= 11 is 1.49. The first kappa shape index (κ1) is 21.0. The number of thiophene rings is 1. The average Bonchev–Trinajstić information content (AvgIpc) is 3.18. The Morgan fingerprint density at radius 1 is 1.06 bits per heavy atom. The number of hydrogen-bond donors (Lipinski definition) is 4. The summed E-state index contributed by atoms with van der Waals surface area (Å²) in [5.74, 6) is -1.61. The van der Waals surface area contributed by atoms with Crippen molar-refractivity contribution in [2.45, 2.75) is 50.0 Å². The van der Waals surface area contributed by atoms with Crippen molar-refractivity contribution in [1.29, 1.82) is 0 Å². The van der Waals surface area contributed by atoms with E-state index >= 15 is 0 Å². The van der Waals surface area contributed by atoms with Gasteiger partial charge in [-0.2, -0.15) is 0 Å². The molecule has 6 nitrogen and oxygen atoms in total. The molecular weight excluding hydrogens is 416 g/mol. The summed E-state index contributed by atoms with van der Waals surface area (Å²) in [6, 6.07) is 14.7. The van der Waals surface area contributed by atoms with Crippen molar-refractivity contribution < 1.29 is 29.9 Å². The van der Waals surface area contributed by atoms with Crippen LogP contribution in [0.1, 0.15) is 27.1 Å². The molecule has 5 atom stereocenters. The van der Waals surface area contributed by atoms with Crippen LogP contribution in [0.3, 0.4) is 0 Å². The van der Waals surface area contributed by atoms with Gasteiger partial charge in [-0.25, -0.2) is 0 Å². The molecule has 3 aromatic rings. The van der Waals surface area contributed by atoms with E-state index < -0.39 is 36.8 Å². The number of fused-ring (bicyclic) bond motifs is 4. The Hall–Kier alpha value is -1.84. The Kier molecular flexibility index (Phi) is 5.38. The Labute approximate surface area is 184 Å². The molecule has 5 rings (SSSR count). The van der Waals surface area contributed by atoms with E-state index in [0.717, 1.165) is 22.1 Å². The van der Waals surface area contributed by atoms with Crippen LogP contribution < -0.4 is 0 Å². The fraction of sp³-hybridized carbons (Fsp3) is 0.417. The Morgan fingerprint density at radius 3 is 2.58 bits per heavy atom. The van der Waals surface area contributed by atoms with E-state index in [-0.39, 0.29) is 0 Å². The molecule has 3 heterocycles. The van der Waals surface area contributed by atoms with Crippen LogP contribution in [0.15, 0.2) is 42.5 Å². The number of aliphatic hydroxyl groups excluding tert-OH is 4. The van der Waals surface area contributed by atoms with Crippen molar-refractivity contribution in [2.75, 3.05) is 13.2 Å². The third-order valence-electron chi connectivity index (χ3n) is 6.35. The van der Waals surface area contributed by atoms with Crippen LogP contribution in [0.5, 0.6) is 0 Å². The highest BCUT2D eigenvalue weighted by atomic mass is 32.1. The maximum Gasteiger partial charge on any atom is 0.234 e. The standard InChI is InChI=1S/C24H26O6S/c1-13-5-7-14(8-6-13)11-15-3-2-4-16-17-9-10-29-24(23(17)31-21(15)16)22(28)20(27)19(26)18(12-25)30-24/h2-8,18-20,22,25-28H,9-12H2,1H3/t18-,19-,20+,22-,24+/m1/s1. The highest BCUT2D eigenvalue weighted by Crippen LogP contribution is 2.49. The van der Waals surface area contributed by atoms with Gasteiger partial charge in [-0.1, -0.05) is 48.0 Å². The van der Waals surface area contributed by atoms with Crippen LogP contribution >= 0.6 is 11.3 Å². The third-order valence-corrected chi connectivity index (χ3v) is 7.77. The lowest BCUT2D eigenvalue weighted by Gasteiger charge is -2.49. The Balaban J connectivity index is 1.62. The molecule has 0 radical (unpaired) electrons. The quantitative estimate of drug-likeness (QED) is 0.495. The molecule has 2 aliphatic heterocycles. The second kappa shape index (κ2) is 7.94. The number of aryl methyl sites for hydroxylation is 1. The molecule has 0 aliphatic carbocycles. The van der Waals surface area contributed by atoms with Gasteiger partial charge in [-0.3, -0.25) is 0 Å². The molecule has 2 aliphatic rings. The zero-order valence-electron chi connectivity index (χ0n) is 17.2. The molecule has 4 N–H and O–H groups in total. The van der Waals surface area contributed by atoms with Crippen LogP contribution in [0.25, 0.3) is 10.1 Å². The molecule has 7 heteroatoms. The summed E-state index contributed by atoms with van der Waals surface area (Å²) in [5, 5.41) is 42.3. The minimum Gasteiger partial charge on any atom is -0.394 e. The lowest BCUT2D eigenvalue weighted by Crippen LogP contribution is -2.65. The van der Waals surface area contributed by atoms with Crippen LogP contribution in [0.4, 0.5) is 0 Å². The Bertz CT molecular complexity index is 1090. The van der Waals surface area contributed by atoms with Gasteiger partial charge in [0.2, 0.25) is 5.79 Å². The van der Waals surface area contributed by atoms with Crippen molar-refractivity contribution in [3.05, 3.63) is 69.6 Å². The summed E-state index contributed by atoms with van der Waals surface area (Å²) in [4.78, 5) is 0.696. The first-order chi connectivity index (χ1) is 14.9. The van der Waals surface area contributed by atoms with Gasteiger partial charge in [0.05, 0.1) is 18.1 Å². The number of hydrogen-bond acceptors (Lipinski definition) is 7. The van der Waals surface area contributed by atoms with Crippen molar-refractivity contribution >= 4 is 21.4 Å². The first-order valence-corrected chi connectivity index (χ1v) is 11.3. The number of rotatable bonds is 3. The first-order valence-electron chi connectivity index (χ1n) is 10.5. The summed E-state index contributed by atoms with van der Waals surface area (Å²) in [5.41, 5.74) is 4.62. The number of benzene rings is 2. The molecule has 0 amide bonds. The minimum atomic E-state index is -1.61. The molecule has 0 bridgehead atoms. The van der Waals surface area contributed by atoms with Gasteiger partial charge in [0.25, 0.3) is 0 Å². The molecule has 1 saturated heterocycles. The lowest BCUT2D eigenvalue weighted by molar-refractivity contribution is -0.374. The van der Waals surface area contributed by atoms with Gasteiger partial charge in [-0.15, -0.1) is 11.3 Å². The van der Waals surface area contributed by atoms with E-state index in [1.54, 1.807) is 0 Å². The Morgan fingerprint density at radius 2 is 1.84 bits per heavy atom. The molecule has 164 valence electrons. The van der Waals surface area contributed by atoms with Crippen molar-refractivity contribution in [2.24, 2.45) is 0 Å². The highest BCUT2D eigenvalue weighted by molar-refractivity contribution is 7.19. The summed E-state index contributed by atoms with van der Waals surface area (Å²) in [6.45, 7) is 1.88. The van der Waals surface area contributed by atoms with E-state index in [1.807, 2.05) is 6.07 Å². The van der Waals surface area contributed by atoms with Crippen LogP contribution in [-0.2, 0) is 28.1 Å². The topological polar surface area (TPSA) is 99.4 Å². The van der Waals surface area contributed by atoms with Crippen LogP contribution in [0.2, 0.25) is 0 Å².